The Hall–Kier alpha value is -1.39. The average Bonchev–Trinajstić information content (AvgIpc) is 2.96. The summed E-state index contributed by atoms with van der Waals surface area (Å²) in [5.41, 5.74) is 5.72. The van der Waals surface area contributed by atoms with E-state index in [0.717, 1.165) is 6.42 Å². The van der Waals surface area contributed by atoms with Crippen LogP contribution in [-0.2, 0) is 6.42 Å². The van der Waals surface area contributed by atoms with Crippen molar-refractivity contribution < 1.29 is 0 Å². The predicted octanol–water partition coefficient (Wildman–Crippen LogP) is 6.93. The molecule has 0 bridgehead atoms. The van der Waals surface area contributed by atoms with Gasteiger partial charge in [0, 0.05) is 8.04 Å². The van der Waals surface area contributed by atoms with E-state index in [2.05, 4.69) is 99.2 Å². The summed E-state index contributed by atoms with van der Waals surface area (Å²) in [4.78, 5) is 0. The maximum absolute atomic E-state index is 3.64. The molecule has 0 aromatic heterocycles. The van der Waals surface area contributed by atoms with Crippen molar-refractivity contribution in [3.05, 3.63) is 79.8 Å². The topological polar surface area (TPSA) is 0 Å². The van der Waals surface area contributed by atoms with Gasteiger partial charge in [-0.25, -0.2) is 0 Å². The summed E-state index contributed by atoms with van der Waals surface area (Å²) in [6, 6.07) is 22.3. The van der Waals surface area contributed by atoms with Gasteiger partial charge in [0.1, 0.15) is 0 Å². The molecule has 2 heteroatoms. The number of benzene rings is 4. The van der Waals surface area contributed by atoms with Gasteiger partial charge in [0.05, 0.1) is 0 Å². The average molecular weight is 471 g/mol. The molecule has 0 unspecified atom stereocenters. The van der Waals surface area contributed by atoms with Gasteiger partial charge in [-0.3, -0.25) is 0 Å². The molecule has 0 saturated heterocycles. The second-order valence-electron chi connectivity index (χ2n) is 6.04. The lowest BCUT2D eigenvalue weighted by Crippen LogP contribution is -1.87. The molecular weight excluding hydrogens is 459 g/mol. The largest absolute Gasteiger partial charge is 0.0619 e. The summed E-state index contributed by atoms with van der Waals surface area (Å²) >= 11 is 6.07. The van der Waals surface area contributed by atoms with Gasteiger partial charge in [0.2, 0.25) is 0 Å². The molecule has 0 atom stereocenters. The van der Waals surface area contributed by atoms with Gasteiger partial charge in [0.25, 0.3) is 0 Å². The van der Waals surface area contributed by atoms with E-state index >= 15 is 0 Å². The van der Waals surface area contributed by atoms with E-state index in [-0.39, 0.29) is 0 Å². The van der Waals surface area contributed by atoms with Crippen LogP contribution in [-0.4, -0.2) is 0 Å². The molecule has 23 heavy (non-hydrogen) atoms. The van der Waals surface area contributed by atoms with Crippen LogP contribution in [0.25, 0.3) is 32.7 Å². The van der Waals surface area contributed by atoms with Crippen LogP contribution < -0.4 is 0 Å². The standard InChI is InChI=1S/C21H12BrI/c22-20-10-9-16-15-6-5-14-13-4-2-1-3-12(13)11-19(14)17(15)7-8-18(16)21(20)23/h1-10H,11H2. The Morgan fingerprint density at radius 2 is 1.39 bits per heavy atom. The first-order valence-electron chi connectivity index (χ1n) is 7.64. The second-order valence-corrected chi connectivity index (χ2v) is 7.98. The molecule has 110 valence electrons. The molecular formula is C21H12BrI. The van der Waals surface area contributed by atoms with Crippen LogP contribution in [0.15, 0.2) is 65.1 Å². The predicted molar refractivity (Wildman–Crippen MR) is 110 cm³/mol. The van der Waals surface area contributed by atoms with E-state index in [1.54, 1.807) is 0 Å². The van der Waals surface area contributed by atoms with E-state index in [0.29, 0.717) is 0 Å². The number of hydrogen-bond donors (Lipinski definition) is 0. The molecule has 0 spiro atoms. The van der Waals surface area contributed by atoms with Crippen molar-refractivity contribution in [3.63, 3.8) is 0 Å². The normalized spacial score (nSPS) is 12.6. The van der Waals surface area contributed by atoms with Crippen molar-refractivity contribution in [2.75, 3.05) is 0 Å². The minimum absolute atomic E-state index is 1.04. The fourth-order valence-corrected chi connectivity index (χ4v) is 4.79. The monoisotopic (exact) mass is 470 g/mol. The Morgan fingerprint density at radius 1 is 0.696 bits per heavy atom. The van der Waals surface area contributed by atoms with E-state index in [1.807, 2.05) is 0 Å². The van der Waals surface area contributed by atoms with Crippen LogP contribution in [0.4, 0.5) is 0 Å². The van der Waals surface area contributed by atoms with Crippen LogP contribution >= 0.6 is 38.5 Å². The minimum atomic E-state index is 1.04. The highest BCUT2D eigenvalue weighted by Crippen LogP contribution is 2.42. The summed E-state index contributed by atoms with van der Waals surface area (Å²) in [5, 5.41) is 5.42. The lowest BCUT2D eigenvalue weighted by Gasteiger charge is -2.11. The van der Waals surface area contributed by atoms with Crippen LogP contribution in [0.3, 0.4) is 0 Å². The SMILES string of the molecule is Brc1ccc2c(ccc3c4c(ccc32)-c2ccccc2C4)c1I. The van der Waals surface area contributed by atoms with Crippen molar-refractivity contribution in [2.24, 2.45) is 0 Å². The molecule has 1 aliphatic carbocycles. The Bertz CT molecular complexity index is 1110. The second kappa shape index (κ2) is 5.05. The summed E-state index contributed by atoms with van der Waals surface area (Å²) in [5.74, 6) is 0. The quantitative estimate of drug-likeness (QED) is 0.170. The number of halogens is 2. The van der Waals surface area contributed by atoms with Gasteiger partial charge in [0.15, 0.2) is 0 Å². The van der Waals surface area contributed by atoms with Gasteiger partial charge in [-0.2, -0.15) is 0 Å². The Labute approximate surface area is 156 Å². The Kier molecular flexibility index (Phi) is 3.07. The molecule has 0 amide bonds. The number of fused-ring (bicyclic) bond motifs is 7. The maximum Gasteiger partial charge on any atom is 0.0351 e. The summed E-state index contributed by atoms with van der Waals surface area (Å²) < 4.78 is 2.45. The maximum atomic E-state index is 3.64. The molecule has 0 heterocycles. The summed E-state index contributed by atoms with van der Waals surface area (Å²) in [6.45, 7) is 0. The molecule has 0 saturated carbocycles. The number of hydrogen-bond acceptors (Lipinski definition) is 0. The van der Waals surface area contributed by atoms with E-state index in [9.17, 15) is 0 Å². The molecule has 4 aromatic rings. The lowest BCUT2D eigenvalue weighted by atomic mass is 9.95. The Balaban J connectivity index is 1.89. The fraction of sp³-hybridized carbons (Fsp3) is 0.0476. The third-order valence-electron chi connectivity index (χ3n) is 4.87. The minimum Gasteiger partial charge on any atom is -0.0619 e. The smallest absolute Gasteiger partial charge is 0.0351 e. The molecule has 0 fully saturated rings. The third-order valence-corrected chi connectivity index (χ3v) is 7.44. The third kappa shape index (κ3) is 1.94. The summed E-state index contributed by atoms with van der Waals surface area (Å²) in [6.07, 6.45) is 1.04. The highest BCUT2D eigenvalue weighted by atomic mass is 127. The summed E-state index contributed by atoms with van der Waals surface area (Å²) in [7, 11) is 0. The zero-order chi connectivity index (χ0) is 15.6. The van der Waals surface area contributed by atoms with Crippen molar-refractivity contribution in [3.8, 4) is 11.1 Å². The Morgan fingerprint density at radius 3 is 2.30 bits per heavy atom. The van der Waals surface area contributed by atoms with Gasteiger partial charge >= 0.3 is 0 Å². The van der Waals surface area contributed by atoms with Crippen LogP contribution in [0, 0.1) is 3.57 Å². The van der Waals surface area contributed by atoms with E-state index < -0.39 is 0 Å². The molecule has 5 rings (SSSR count). The number of rotatable bonds is 0. The highest BCUT2D eigenvalue weighted by molar-refractivity contribution is 14.1. The van der Waals surface area contributed by atoms with E-state index in [1.165, 1.54) is 51.8 Å². The first-order chi connectivity index (χ1) is 11.2. The molecule has 0 N–H and O–H groups in total. The molecule has 0 aliphatic heterocycles. The first-order valence-corrected chi connectivity index (χ1v) is 9.52. The fourth-order valence-electron chi connectivity index (χ4n) is 3.79. The van der Waals surface area contributed by atoms with Crippen LogP contribution in [0.1, 0.15) is 11.1 Å². The van der Waals surface area contributed by atoms with Crippen molar-refractivity contribution in [2.45, 2.75) is 6.42 Å². The highest BCUT2D eigenvalue weighted by Gasteiger charge is 2.20. The van der Waals surface area contributed by atoms with E-state index in [4.69, 9.17) is 0 Å². The van der Waals surface area contributed by atoms with Gasteiger partial charge < -0.3 is 0 Å². The molecule has 4 aromatic carbocycles. The van der Waals surface area contributed by atoms with Gasteiger partial charge in [-0.15, -0.1) is 0 Å². The van der Waals surface area contributed by atoms with Crippen LogP contribution in [0.5, 0.6) is 0 Å². The zero-order valence-corrected chi connectivity index (χ0v) is 16.0. The van der Waals surface area contributed by atoms with Crippen molar-refractivity contribution in [1.29, 1.82) is 0 Å². The molecule has 0 nitrogen and oxygen atoms in total. The van der Waals surface area contributed by atoms with Crippen molar-refractivity contribution >= 4 is 60.1 Å². The molecule has 1 aliphatic rings. The lowest BCUT2D eigenvalue weighted by molar-refractivity contribution is 1.28. The van der Waals surface area contributed by atoms with Crippen molar-refractivity contribution in [1.82, 2.24) is 0 Å². The zero-order valence-electron chi connectivity index (χ0n) is 12.2. The molecule has 0 radical (unpaired) electrons. The van der Waals surface area contributed by atoms with Gasteiger partial charge in [-0.05, 0) is 94.8 Å². The van der Waals surface area contributed by atoms with Gasteiger partial charge in [-0.1, -0.05) is 54.6 Å². The van der Waals surface area contributed by atoms with Crippen LogP contribution in [0.2, 0.25) is 0 Å². The first kappa shape index (κ1) is 14.0.